The molecule has 5 nitrogen and oxygen atoms in total. The molecule has 1 amide bonds. The summed E-state index contributed by atoms with van der Waals surface area (Å²) in [6, 6.07) is 19.0. The first-order valence-electron chi connectivity index (χ1n) is 9.63. The van der Waals surface area contributed by atoms with Gasteiger partial charge >= 0.3 is 0 Å². The van der Waals surface area contributed by atoms with Crippen molar-refractivity contribution in [2.24, 2.45) is 0 Å². The highest BCUT2D eigenvalue weighted by Crippen LogP contribution is 2.25. The number of imidazole rings is 1. The highest BCUT2D eigenvalue weighted by atomic mass is 16.3. The van der Waals surface area contributed by atoms with Crippen molar-refractivity contribution < 1.29 is 9.90 Å². The number of pyridine rings is 1. The maximum absolute atomic E-state index is 13.1. The van der Waals surface area contributed by atoms with Gasteiger partial charge in [-0.3, -0.25) is 9.20 Å². The summed E-state index contributed by atoms with van der Waals surface area (Å²) in [5, 5.41) is 12.4. The molecule has 0 atom stereocenters. The van der Waals surface area contributed by atoms with Crippen molar-refractivity contribution in [2.45, 2.75) is 20.3 Å². The molecule has 2 N–H and O–H groups in total. The van der Waals surface area contributed by atoms with Crippen molar-refractivity contribution in [3.8, 4) is 17.0 Å². The molecule has 2 aromatic carbocycles. The number of amides is 1. The van der Waals surface area contributed by atoms with E-state index in [4.69, 9.17) is 4.98 Å². The number of benzene rings is 2. The first-order chi connectivity index (χ1) is 14.0. The zero-order chi connectivity index (χ0) is 20.4. The number of aromatic nitrogens is 2. The van der Waals surface area contributed by atoms with E-state index in [0.717, 1.165) is 27.9 Å². The fourth-order valence-electron chi connectivity index (χ4n) is 3.35. The molecule has 146 valence electrons. The second-order valence-corrected chi connectivity index (χ2v) is 7.28. The number of rotatable bonds is 5. The molecule has 2 aromatic heterocycles. The highest BCUT2D eigenvalue weighted by Gasteiger charge is 2.20. The third-order valence-corrected chi connectivity index (χ3v) is 4.94. The number of phenols is 1. The van der Waals surface area contributed by atoms with Gasteiger partial charge in [-0.15, -0.1) is 0 Å². The van der Waals surface area contributed by atoms with Gasteiger partial charge in [-0.25, -0.2) is 4.98 Å². The number of phenolic OH excluding ortho intramolecular Hbond substituents is 1. The van der Waals surface area contributed by atoms with Gasteiger partial charge in [0.2, 0.25) is 0 Å². The Morgan fingerprint density at radius 3 is 2.38 bits per heavy atom. The van der Waals surface area contributed by atoms with Gasteiger partial charge in [-0.05, 0) is 49.6 Å². The minimum Gasteiger partial charge on any atom is -0.508 e. The number of carbonyl (C=O) groups is 1. The Kier molecular flexibility index (Phi) is 5.04. The monoisotopic (exact) mass is 385 g/mol. The molecular weight excluding hydrogens is 362 g/mol. The van der Waals surface area contributed by atoms with E-state index in [2.05, 4.69) is 5.32 Å². The van der Waals surface area contributed by atoms with Gasteiger partial charge in [-0.2, -0.15) is 0 Å². The van der Waals surface area contributed by atoms with Crippen LogP contribution < -0.4 is 5.32 Å². The van der Waals surface area contributed by atoms with E-state index >= 15 is 0 Å². The number of nitrogens with zero attached hydrogens (tertiary/aromatic N) is 2. The number of hydrogen-bond donors (Lipinski definition) is 2. The summed E-state index contributed by atoms with van der Waals surface area (Å²) < 4.78 is 1.86. The summed E-state index contributed by atoms with van der Waals surface area (Å²) in [5.74, 6) is 0.0825. The third kappa shape index (κ3) is 3.99. The van der Waals surface area contributed by atoms with Crippen LogP contribution in [0.15, 0.2) is 66.9 Å². The average Bonchev–Trinajstić information content (AvgIpc) is 3.08. The van der Waals surface area contributed by atoms with Crippen molar-refractivity contribution in [3.63, 3.8) is 0 Å². The lowest BCUT2D eigenvalue weighted by atomic mass is 10.1. The van der Waals surface area contributed by atoms with Crippen molar-refractivity contribution in [1.82, 2.24) is 14.7 Å². The van der Waals surface area contributed by atoms with Crippen molar-refractivity contribution in [3.05, 3.63) is 89.2 Å². The van der Waals surface area contributed by atoms with Crippen LogP contribution in [0.2, 0.25) is 0 Å². The first kappa shape index (κ1) is 18.7. The summed E-state index contributed by atoms with van der Waals surface area (Å²) in [4.78, 5) is 17.8. The molecule has 29 heavy (non-hydrogen) atoms. The van der Waals surface area contributed by atoms with Gasteiger partial charge in [-0.1, -0.05) is 48.0 Å². The van der Waals surface area contributed by atoms with E-state index in [1.807, 2.05) is 73.0 Å². The number of nitrogens with one attached hydrogen (secondary N) is 1. The average molecular weight is 385 g/mol. The molecule has 0 spiro atoms. The largest absolute Gasteiger partial charge is 0.508 e. The number of carbonyl (C=O) groups excluding carboxylic acids is 1. The second-order valence-electron chi connectivity index (χ2n) is 7.28. The molecule has 0 aliphatic rings. The van der Waals surface area contributed by atoms with Crippen LogP contribution in [0, 0.1) is 13.8 Å². The standard InChI is InChI=1S/C24H23N3O2/c1-16-3-8-19(9-4-16)22-23(27-15-17(2)5-12-21(27)26-22)24(29)25-14-13-18-6-10-20(28)11-7-18/h3-12,15,28H,13-14H2,1-2H3,(H,25,29). The molecule has 0 unspecified atom stereocenters. The molecule has 0 saturated heterocycles. The maximum atomic E-state index is 13.1. The van der Waals surface area contributed by atoms with Crippen LogP contribution in [0.1, 0.15) is 27.2 Å². The smallest absolute Gasteiger partial charge is 0.270 e. The molecule has 0 aliphatic carbocycles. The van der Waals surface area contributed by atoms with Gasteiger partial charge in [0.1, 0.15) is 22.8 Å². The van der Waals surface area contributed by atoms with Crippen molar-refractivity contribution >= 4 is 11.6 Å². The summed E-state index contributed by atoms with van der Waals surface area (Å²) in [7, 11) is 0. The number of fused-ring (bicyclic) bond motifs is 1. The molecule has 0 fully saturated rings. The Morgan fingerprint density at radius 2 is 1.66 bits per heavy atom. The summed E-state index contributed by atoms with van der Waals surface area (Å²) in [6.45, 7) is 4.53. The predicted octanol–water partition coefficient (Wildman–Crippen LogP) is 4.30. The van der Waals surface area contributed by atoms with E-state index in [-0.39, 0.29) is 11.7 Å². The molecular formula is C24H23N3O2. The van der Waals surface area contributed by atoms with Gasteiger partial charge in [0, 0.05) is 18.3 Å². The predicted molar refractivity (Wildman–Crippen MR) is 114 cm³/mol. The van der Waals surface area contributed by atoms with Crippen molar-refractivity contribution in [1.29, 1.82) is 0 Å². The third-order valence-electron chi connectivity index (χ3n) is 4.94. The fraction of sp³-hybridized carbons (Fsp3) is 0.167. The zero-order valence-electron chi connectivity index (χ0n) is 16.5. The van der Waals surface area contributed by atoms with E-state index in [9.17, 15) is 9.90 Å². The van der Waals surface area contributed by atoms with E-state index in [1.54, 1.807) is 12.1 Å². The lowest BCUT2D eigenvalue weighted by molar-refractivity contribution is 0.0949. The summed E-state index contributed by atoms with van der Waals surface area (Å²) >= 11 is 0. The molecule has 4 aromatic rings. The lowest BCUT2D eigenvalue weighted by Crippen LogP contribution is -2.27. The molecule has 0 radical (unpaired) electrons. The fourth-order valence-corrected chi connectivity index (χ4v) is 3.35. The van der Waals surface area contributed by atoms with Gasteiger partial charge in [0.15, 0.2) is 0 Å². The van der Waals surface area contributed by atoms with Crippen LogP contribution in [0.3, 0.4) is 0 Å². The minimum absolute atomic E-state index is 0.155. The highest BCUT2D eigenvalue weighted by molar-refractivity contribution is 5.99. The molecule has 0 saturated carbocycles. The molecule has 2 heterocycles. The van der Waals surface area contributed by atoms with Gasteiger partial charge < -0.3 is 10.4 Å². The SMILES string of the molecule is Cc1ccc(-c2nc3ccc(C)cn3c2C(=O)NCCc2ccc(O)cc2)cc1. The van der Waals surface area contributed by atoms with Crippen LogP contribution in [-0.2, 0) is 6.42 Å². The number of hydrogen-bond acceptors (Lipinski definition) is 3. The zero-order valence-corrected chi connectivity index (χ0v) is 16.5. The molecule has 4 rings (SSSR count). The Morgan fingerprint density at radius 1 is 0.966 bits per heavy atom. The number of aryl methyl sites for hydroxylation is 2. The Labute approximate surface area is 169 Å². The van der Waals surface area contributed by atoms with E-state index < -0.39 is 0 Å². The van der Waals surface area contributed by atoms with E-state index in [0.29, 0.717) is 24.4 Å². The van der Waals surface area contributed by atoms with Crippen LogP contribution in [-0.4, -0.2) is 26.9 Å². The van der Waals surface area contributed by atoms with E-state index in [1.165, 1.54) is 0 Å². The summed E-state index contributed by atoms with van der Waals surface area (Å²) in [5.41, 5.74) is 6.15. The van der Waals surface area contributed by atoms with Crippen LogP contribution in [0.4, 0.5) is 0 Å². The minimum atomic E-state index is -0.155. The second kappa shape index (κ2) is 7.80. The van der Waals surface area contributed by atoms with Crippen LogP contribution in [0.25, 0.3) is 16.9 Å². The normalized spacial score (nSPS) is 11.0. The van der Waals surface area contributed by atoms with Crippen molar-refractivity contribution in [2.75, 3.05) is 6.54 Å². The lowest BCUT2D eigenvalue weighted by Gasteiger charge is -2.08. The Balaban J connectivity index is 1.64. The maximum Gasteiger partial charge on any atom is 0.270 e. The van der Waals surface area contributed by atoms with Gasteiger partial charge in [0.05, 0.1) is 0 Å². The molecule has 5 heteroatoms. The quantitative estimate of drug-likeness (QED) is 0.538. The van der Waals surface area contributed by atoms with Crippen LogP contribution >= 0.6 is 0 Å². The Hall–Kier alpha value is -3.60. The van der Waals surface area contributed by atoms with Gasteiger partial charge in [0.25, 0.3) is 5.91 Å². The number of aromatic hydroxyl groups is 1. The molecule has 0 bridgehead atoms. The first-order valence-corrected chi connectivity index (χ1v) is 9.63. The molecule has 0 aliphatic heterocycles. The van der Waals surface area contributed by atoms with Crippen LogP contribution in [0.5, 0.6) is 5.75 Å². The summed E-state index contributed by atoms with van der Waals surface area (Å²) in [6.07, 6.45) is 2.62. The topological polar surface area (TPSA) is 66.6 Å². The Bertz CT molecular complexity index is 1160.